The number of carboxylic acid groups (broad SMARTS) is 1. The highest BCUT2D eigenvalue weighted by molar-refractivity contribution is 5.87. The number of fused-ring (bicyclic) bond motifs is 1. The lowest BCUT2D eigenvalue weighted by Gasteiger charge is -2.00. The minimum absolute atomic E-state index is 0.116. The van der Waals surface area contributed by atoms with E-state index in [9.17, 15) is 14.0 Å². The molecule has 0 atom stereocenters. The van der Waals surface area contributed by atoms with Gasteiger partial charge in [0, 0.05) is 17.0 Å². The van der Waals surface area contributed by atoms with E-state index in [0.717, 1.165) is 6.08 Å². The van der Waals surface area contributed by atoms with Crippen molar-refractivity contribution >= 4 is 22.9 Å². The SMILES string of the molecule is O=C(O)/C=C/c1cc2cccc(F)c2[nH]c1=O. The number of aromatic amines is 1. The first kappa shape index (κ1) is 11.1. The van der Waals surface area contributed by atoms with Crippen molar-refractivity contribution in [3.05, 3.63) is 52.1 Å². The second-order valence-electron chi connectivity index (χ2n) is 3.43. The largest absolute Gasteiger partial charge is 0.478 e. The van der Waals surface area contributed by atoms with E-state index >= 15 is 0 Å². The molecule has 0 aliphatic rings. The molecule has 0 saturated heterocycles. The summed E-state index contributed by atoms with van der Waals surface area (Å²) < 4.78 is 13.3. The van der Waals surface area contributed by atoms with E-state index in [1.54, 1.807) is 6.07 Å². The Morgan fingerprint density at radius 3 is 2.88 bits per heavy atom. The zero-order valence-corrected chi connectivity index (χ0v) is 8.61. The van der Waals surface area contributed by atoms with Gasteiger partial charge in [0.1, 0.15) is 5.82 Å². The van der Waals surface area contributed by atoms with Crippen LogP contribution in [0.25, 0.3) is 17.0 Å². The van der Waals surface area contributed by atoms with Crippen molar-refractivity contribution in [1.29, 1.82) is 0 Å². The number of carboxylic acids is 1. The number of aliphatic carboxylic acids is 1. The van der Waals surface area contributed by atoms with Crippen molar-refractivity contribution in [2.75, 3.05) is 0 Å². The molecule has 0 radical (unpaired) electrons. The predicted octanol–water partition coefficient (Wildman–Crippen LogP) is 1.77. The minimum atomic E-state index is -1.15. The number of rotatable bonds is 2. The van der Waals surface area contributed by atoms with Gasteiger partial charge in [-0.2, -0.15) is 0 Å². The van der Waals surface area contributed by atoms with E-state index in [-0.39, 0.29) is 11.1 Å². The van der Waals surface area contributed by atoms with Gasteiger partial charge in [-0.25, -0.2) is 9.18 Å². The van der Waals surface area contributed by atoms with E-state index < -0.39 is 17.3 Å². The molecule has 17 heavy (non-hydrogen) atoms. The molecule has 0 aliphatic carbocycles. The van der Waals surface area contributed by atoms with Gasteiger partial charge in [-0.1, -0.05) is 12.1 Å². The first-order chi connectivity index (χ1) is 8.08. The lowest BCUT2D eigenvalue weighted by molar-refractivity contribution is -0.131. The Kier molecular flexibility index (Phi) is 2.74. The van der Waals surface area contributed by atoms with Crippen molar-refractivity contribution in [3.8, 4) is 0 Å². The lowest BCUT2D eigenvalue weighted by Crippen LogP contribution is -2.09. The van der Waals surface area contributed by atoms with Gasteiger partial charge in [0.2, 0.25) is 0 Å². The smallest absolute Gasteiger partial charge is 0.328 e. The molecule has 0 saturated carbocycles. The molecule has 2 N–H and O–H groups in total. The van der Waals surface area contributed by atoms with Crippen LogP contribution in [0.4, 0.5) is 4.39 Å². The van der Waals surface area contributed by atoms with Crippen molar-refractivity contribution in [2.24, 2.45) is 0 Å². The summed E-state index contributed by atoms with van der Waals surface area (Å²) in [6, 6.07) is 5.83. The number of benzene rings is 1. The van der Waals surface area contributed by atoms with E-state index in [1.165, 1.54) is 24.3 Å². The number of hydrogen-bond acceptors (Lipinski definition) is 2. The molecule has 0 fully saturated rings. The van der Waals surface area contributed by atoms with Crippen molar-refractivity contribution in [3.63, 3.8) is 0 Å². The van der Waals surface area contributed by atoms with Gasteiger partial charge in [-0.15, -0.1) is 0 Å². The molecule has 0 bridgehead atoms. The summed E-state index contributed by atoms with van der Waals surface area (Å²) in [5, 5.41) is 8.97. The van der Waals surface area contributed by atoms with Gasteiger partial charge in [0.05, 0.1) is 5.52 Å². The highest BCUT2D eigenvalue weighted by Gasteiger charge is 2.04. The maximum Gasteiger partial charge on any atom is 0.328 e. The van der Waals surface area contributed by atoms with Crippen LogP contribution < -0.4 is 5.56 Å². The Hall–Kier alpha value is -2.43. The molecular weight excluding hydrogens is 225 g/mol. The third kappa shape index (κ3) is 2.23. The fourth-order valence-electron chi connectivity index (χ4n) is 1.50. The van der Waals surface area contributed by atoms with Crippen molar-refractivity contribution in [1.82, 2.24) is 4.98 Å². The Morgan fingerprint density at radius 1 is 1.41 bits per heavy atom. The van der Waals surface area contributed by atoms with Crippen LogP contribution in [0.1, 0.15) is 5.56 Å². The quantitative estimate of drug-likeness (QED) is 0.776. The van der Waals surface area contributed by atoms with Gasteiger partial charge in [0.25, 0.3) is 5.56 Å². The van der Waals surface area contributed by atoms with Gasteiger partial charge in [0.15, 0.2) is 0 Å². The Labute approximate surface area is 95.0 Å². The molecule has 0 amide bonds. The number of pyridine rings is 1. The average Bonchev–Trinajstić information content (AvgIpc) is 2.28. The Morgan fingerprint density at radius 2 is 2.18 bits per heavy atom. The summed E-state index contributed by atoms with van der Waals surface area (Å²) in [4.78, 5) is 24.2. The van der Waals surface area contributed by atoms with Crippen LogP contribution in [-0.2, 0) is 4.79 Å². The maximum atomic E-state index is 13.3. The fourth-order valence-corrected chi connectivity index (χ4v) is 1.50. The summed E-state index contributed by atoms with van der Waals surface area (Å²) in [6.45, 7) is 0. The summed E-state index contributed by atoms with van der Waals surface area (Å²) in [5.74, 6) is -1.67. The number of para-hydroxylation sites is 1. The highest BCUT2D eigenvalue weighted by atomic mass is 19.1. The van der Waals surface area contributed by atoms with Crippen molar-refractivity contribution < 1.29 is 14.3 Å². The zero-order chi connectivity index (χ0) is 12.4. The summed E-state index contributed by atoms with van der Waals surface area (Å²) in [6.07, 6.45) is 2.03. The number of H-pyrrole nitrogens is 1. The van der Waals surface area contributed by atoms with Crippen LogP contribution in [0, 0.1) is 5.82 Å². The molecule has 2 rings (SSSR count). The van der Waals surface area contributed by atoms with Crippen LogP contribution >= 0.6 is 0 Å². The second-order valence-corrected chi connectivity index (χ2v) is 3.43. The molecule has 1 aromatic carbocycles. The molecule has 0 aliphatic heterocycles. The van der Waals surface area contributed by atoms with E-state index in [1.807, 2.05) is 0 Å². The number of nitrogens with one attached hydrogen (secondary N) is 1. The predicted molar refractivity (Wildman–Crippen MR) is 61.2 cm³/mol. The zero-order valence-electron chi connectivity index (χ0n) is 8.61. The van der Waals surface area contributed by atoms with Gasteiger partial charge in [-0.3, -0.25) is 4.79 Å². The third-order valence-corrected chi connectivity index (χ3v) is 2.26. The molecule has 0 unspecified atom stereocenters. The highest BCUT2D eigenvalue weighted by Crippen LogP contribution is 2.14. The standard InChI is InChI=1S/C12H8FNO3/c13-9-3-1-2-7-6-8(4-5-10(15)16)12(17)14-11(7)9/h1-6H,(H,14,17)(H,15,16)/b5-4+. The normalized spacial score (nSPS) is 11.1. The van der Waals surface area contributed by atoms with Gasteiger partial charge < -0.3 is 10.1 Å². The number of hydrogen-bond donors (Lipinski definition) is 2. The molecule has 2 aromatic rings. The van der Waals surface area contributed by atoms with Gasteiger partial charge >= 0.3 is 5.97 Å². The Balaban J connectivity index is 2.64. The minimum Gasteiger partial charge on any atom is -0.478 e. The molecule has 4 nitrogen and oxygen atoms in total. The van der Waals surface area contributed by atoms with Gasteiger partial charge in [-0.05, 0) is 18.2 Å². The van der Waals surface area contributed by atoms with E-state index in [0.29, 0.717) is 5.39 Å². The first-order valence-corrected chi connectivity index (χ1v) is 4.80. The first-order valence-electron chi connectivity index (χ1n) is 4.80. The molecule has 86 valence electrons. The molecular formula is C12H8FNO3. The lowest BCUT2D eigenvalue weighted by atomic mass is 10.1. The topological polar surface area (TPSA) is 70.2 Å². The summed E-state index contributed by atoms with van der Waals surface area (Å²) in [5.41, 5.74) is -0.240. The number of aromatic nitrogens is 1. The Bertz CT molecular complexity index is 673. The monoisotopic (exact) mass is 233 g/mol. The van der Waals surface area contributed by atoms with Crippen molar-refractivity contribution in [2.45, 2.75) is 0 Å². The van der Waals surface area contributed by atoms with Crippen LogP contribution in [-0.4, -0.2) is 16.1 Å². The summed E-state index contributed by atoms with van der Waals surface area (Å²) >= 11 is 0. The van der Waals surface area contributed by atoms with Crippen LogP contribution in [0.5, 0.6) is 0 Å². The average molecular weight is 233 g/mol. The second kappa shape index (κ2) is 4.21. The number of halogens is 1. The van der Waals surface area contributed by atoms with E-state index in [2.05, 4.69) is 4.98 Å². The molecule has 1 heterocycles. The molecule has 1 aromatic heterocycles. The van der Waals surface area contributed by atoms with Crippen LogP contribution in [0.2, 0.25) is 0 Å². The summed E-state index contributed by atoms with van der Waals surface area (Å²) in [7, 11) is 0. The third-order valence-electron chi connectivity index (χ3n) is 2.26. The molecule has 5 heteroatoms. The van der Waals surface area contributed by atoms with Crippen LogP contribution in [0.15, 0.2) is 35.1 Å². The number of carbonyl (C=O) groups is 1. The fraction of sp³-hybridized carbons (Fsp3) is 0. The van der Waals surface area contributed by atoms with Crippen LogP contribution in [0.3, 0.4) is 0 Å². The van der Waals surface area contributed by atoms with E-state index in [4.69, 9.17) is 5.11 Å². The maximum absolute atomic E-state index is 13.3. The molecule has 0 spiro atoms.